The highest BCUT2D eigenvalue weighted by molar-refractivity contribution is 6.08. The molecule has 1 aromatic carbocycles. The van der Waals surface area contributed by atoms with Crippen LogP contribution in [-0.2, 0) is 11.3 Å². The first-order chi connectivity index (χ1) is 13.9. The number of carbonyl (C=O) groups excluding carboxylic acids is 1. The number of carbonyl (C=O) groups is 1. The second kappa shape index (κ2) is 7.40. The molecule has 7 heteroatoms. The fourth-order valence-corrected chi connectivity index (χ4v) is 3.71. The number of fused-ring (bicyclic) bond motifs is 3. The summed E-state index contributed by atoms with van der Waals surface area (Å²) in [6.07, 6.45) is 6.52. The third kappa shape index (κ3) is 3.65. The van der Waals surface area contributed by atoms with Gasteiger partial charge in [-0.2, -0.15) is 5.10 Å². The van der Waals surface area contributed by atoms with E-state index in [-0.39, 0.29) is 12.4 Å². The van der Waals surface area contributed by atoms with Crippen molar-refractivity contribution < 1.29 is 9.90 Å². The largest absolute Gasteiger partial charge is 0.396 e. The van der Waals surface area contributed by atoms with Gasteiger partial charge in [-0.15, -0.1) is 0 Å². The fourth-order valence-electron chi connectivity index (χ4n) is 3.71. The van der Waals surface area contributed by atoms with Crippen LogP contribution in [0.25, 0.3) is 27.4 Å². The zero-order valence-corrected chi connectivity index (χ0v) is 16.7. The Labute approximate surface area is 168 Å². The Morgan fingerprint density at radius 2 is 2.14 bits per heavy atom. The van der Waals surface area contributed by atoms with E-state index in [0.717, 1.165) is 32.9 Å². The predicted molar refractivity (Wildman–Crippen MR) is 116 cm³/mol. The molecule has 0 saturated heterocycles. The number of allylic oxidation sites excluding steroid dienone is 1. The number of pyridine rings is 1. The number of hydrogen-bond acceptors (Lipinski definition) is 6. The van der Waals surface area contributed by atoms with Gasteiger partial charge in [-0.25, -0.2) is 4.98 Å². The van der Waals surface area contributed by atoms with E-state index in [1.54, 1.807) is 4.68 Å². The summed E-state index contributed by atoms with van der Waals surface area (Å²) in [6, 6.07) is 6.10. The molecule has 1 aliphatic rings. The third-order valence-corrected chi connectivity index (χ3v) is 5.42. The average Bonchev–Trinajstić information content (AvgIpc) is 3.35. The van der Waals surface area contributed by atoms with Crippen LogP contribution in [0.2, 0.25) is 0 Å². The van der Waals surface area contributed by atoms with Gasteiger partial charge in [0.15, 0.2) is 0 Å². The lowest BCUT2D eigenvalue weighted by Crippen LogP contribution is -2.29. The van der Waals surface area contributed by atoms with Crippen molar-refractivity contribution in [3.8, 4) is 0 Å². The van der Waals surface area contributed by atoms with Crippen LogP contribution in [-0.4, -0.2) is 45.0 Å². The van der Waals surface area contributed by atoms with E-state index >= 15 is 0 Å². The van der Waals surface area contributed by atoms with Crippen LogP contribution < -0.4 is 5.73 Å². The van der Waals surface area contributed by atoms with Gasteiger partial charge in [-0.1, -0.05) is 19.9 Å². The summed E-state index contributed by atoms with van der Waals surface area (Å²) >= 11 is 0. The maximum absolute atomic E-state index is 12.5. The van der Waals surface area contributed by atoms with Crippen LogP contribution in [0.3, 0.4) is 0 Å². The van der Waals surface area contributed by atoms with Crippen LogP contribution >= 0.6 is 0 Å². The predicted octanol–water partition coefficient (Wildman–Crippen LogP) is 3.00. The highest BCUT2D eigenvalue weighted by atomic mass is 16.3. The summed E-state index contributed by atoms with van der Waals surface area (Å²) in [5.41, 5.74) is 9.46. The number of nitrogen functional groups attached to an aromatic ring is 1. The number of ketones is 1. The Bertz CT molecular complexity index is 1160. The van der Waals surface area contributed by atoms with Crippen molar-refractivity contribution in [1.82, 2.24) is 14.8 Å². The number of Topliss-reactive ketones (excluding diaryl/α,β-unsaturated/α-hetero) is 1. The number of benzene rings is 1. The molecule has 150 valence electrons. The molecule has 0 fully saturated rings. The van der Waals surface area contributed by atoms with E-state index in [2.05, 4.69) is 16.0 Å². The maximum atomic E-state index is 12.5. The first-order valence-electron chi connectivity index (χ1n) is 9.79. The smallest absolute Gasteiger partial charge is 0.140 e. The molecule has 1 aliphatic heterocycles. The number of nitrogens with two attached hydrogens (primary N) is 1. The zero-order valence-electron chi connectivity index (χ0n) is 16.7. The molecule has 3 heterocycles. The van der Waals surface area contributed by atoms with Crippen molar-refractivity contribution >= 4 is 45.2 Å². The number of anilines is 1. The lowest BCUT2D eigenvalue weighted by Gasteiger charge is -2.22. The van der Waals surface area contributed by atoms with E-state index in [0.29, 0.717) is 31.7 Å². The Kier molecular flexibility index (Phi) is 4.92. The average molecular weight is 391 g/mol. The molecular formula is C22H25N5O2. The van der Waals surface area contributed by atoms with Crippen molar-refractivity contribution in [3.63, 3.8) is 0 Å². The fraction of sp³-hybridized carbons (Fsp3) is 0.364. The van der Waals surface area contributed by atoms with E-state index in [9.17, 15) is 4.79 Å². The molecule has 0 radical (unpaired) electrons. The molecule has 29 heavy (non-hydrogen) atoms. The number of nitrogens with zero attached hydrogens (tertiary/aromatic N) is 4. The number of aliphatic hydroxyl groups excluding tert-OH is 1. The van der Waals surface area contributed by atoms with Gasteiger partial charge in [0, 0.05) is 36.2 Å². The SMILES string of the molecule is CC(C)(Cn1cc2c(N)nc3cc(C4=CC=NC4)ccc3c2n1)C(=O)CCCO. The molecule has 3 aromatic rings. The van der Waals surface area contributed by atoms with Crippen LogP contribution in [0.5, 0.6) is 0 Å². The Morgan fingerprint density at radius 3 is 2.86 bits per heavy atom. The molecule has 0 aliphatic carbocycles. The zero-order chi connectivity index (χ0) is 20.6. The third-order valence-electron chi connectivity index (χ3n) is 5.42. The minimum atomic E-state index is -0.586. The van der Waals surface area contributed by atoms with E-state index in [1.165, 1.54) is 0 Å². The molecule has 0 spiro atoms. The molecule has 0 unspecified atom stereocenters. The summed E-state index contributed by atoms with van der Waals surface area (Å²) in [7, 11) is 0. The lowest BCUT2D eigenvalue weighted by molar-refractivity contribution is -0.128. The van der Waals surface area contributed by atoms with Crippen LogP contribution in [0, 0.1) is 5.41 Å². The molecule has 7 nitrogen and oxygen atoms in total. The van der Waals surface area contributed by atoms with E-state index in [1.807, 2.05) is 44.5 Å². The van der Waals surface area contributed by atoms with Crippen molar-refractivity contribution in [2.24, 2.45) is 10.4 Å². The Balaban J connectivity index is 1.70. The molecule has 0 bridgehead atoms. The summed E-state index contributed by atoms with van der Waals surface area (Å²) in [6.45, 7) is 4.95. The van der Waals surface area contributed by atoms with Gasteiger partial charge < -0.3 is 10.8 Å². The lowest BCUT2D eigenvalue weighted by atomic mass is 9.86. The van der Waals surface area contributed by atoms with Crippen molar-refractivity contribution in [2.75, 3.05) is 18.9 Å². The summed E-state index contributed by atoms with van der Waals surface area (Å²) in [4.78, 5) is 21.3. The Morgan fingerprint density at radius 1 is 1.31 bits per heavy atom. The minimum Gasteiger partial charge on any atom is -0.396 e. The van der Waals surface area contributed by atoms with Gasteiger partial charge in [0.1, 0.15) is 17.1 Å². The van der Waals surface area contributed by atoms with E-state index in [4.69, 9.17) is 15.9 Å². The number of aliphatic imine (C=N–C) groups is 1. The number of rotatable bonds is 7. The number of hydrogen-bond donors (Lipinski definition) is 2. The second-order valence-electron chi connectivity index (χ2n) is 8.13. The molecule has 0 amide bonds. The normalized spacial score (nSPS) is 14.1. The molecule has 2 aromatic heterocycles. The van der Waals surface area contributed by atoms with Gasteiger partial charge in [-0.05, 0) is 35.8 Å². The van der Waals surface area contributed by atoms with E-state index < -0.39 is 5.41 Å². The van der Waals surface area contributed by atoms with Gasteiger partial charge in [-0.3, -0.25) is 14.5 Å². The van der Waals surface area contributed by atoms with Crippen LogP contribution in [0.4, 0.5) is 5.82 Å². The van der Waals surface area contributed by atoms with Crippen molar-refractivity contribution in [3.05, 3.63) is 36.0 Å². The van der Waals surface area contributed by atoms with Gasteiger partial charge in [0.25, 0.3) is 0 Å². The molecule has 0 atom stereocenters. The van der Waals surface area contributed by atoms with Gasteiger partial charge in [0.05, 0.1) is 24.0 Å². The van der Waals surface area contributed by atoms with Crippen molar-refractivity contribution in [2.45, 2.75) is 33.2 Å². The van der Waals surface area contributed by atoms with Gasteiger partial charge >= 0.3 is 0 Å². The first kappa shape index (κ1) is 19.3. The minimum absolute atomic E-state index is 0.0205. The quantitative estimate of drug-likeness (QED) is 0.644. The number of aliphatic hydroxyl groups is 1. The van der Waals surface area contributed by atoms with Crippen LogP contribution in [0.1, 0.15) is 32.3 Å². The summed E-state index contributed by atoms with van der Waals surface area (Å²) in [5.74, 6) is 0.538. The Hall–Kier alpha value is -3.06. The van der Waals surface area contributed by atoms with Crippen molar-refractivity contribution in [1.29, 1.82) is 0 Å². The topological polar surface area (TPSA) is 106 Å². The van der Waals surface area contributed by atoms with Gasteiger partial charge in [0.2, 0.25) is 0 Å². The summed E-state index contributed by atoms with van der Waals surface area (Å²) < 4.78 is 1.78. The molecule has 4 rings (SSSR count). The molecule has 3 N–H and O–H groups in total. The summed E-state index contributed by atoms with van der Waals surface area (Å²) in [5, 5.41) is 15.4. The monoisotopic (exact) mass is 391 g/mol. The highest BCUT2D eigenvalue weighted by Crippen LogP contribution is 2.31. The highest BCUT2D eigenvalue weighted by Gasteiger charge is 2.28. The second-order valence-corrected chi connectivity index (χ2v) is 8.13. The molecule has 0 saturated carbocycles. The number of aromatic nitrogens is 3. The molecular weight excluding hydrogens is 366 g/mol. The van der Waals surface area contributed by atoms with Crippen LogP contribution in [0.15, 0.2) is 35.5 Å². The first-order valence-corrected chi connectivity index (χ1v) is 9.79. The standard InChI is InChI=1S/C22H25N5O2/c1-22(2,19(29)4-3-9-28)13-27-12-17-20(26-27)16-6-5-14(15-7-8-24-11-15)10-18(16)25-21(17)23/h5-8,10,12,28H,3-4,9,11,13H2,1-2H3,(H2,23,25). The maximum Gasteiger partial charge on any atom is 0.140 e.